The van der Waals surface area contributed by atoms with Gasteiger partial charge in [-0.25, -0.2) is 0 Å². The van der Waals surface area contributed by atoms with Gasteiger partial charge in [0.15, 0.2) is 11.5 Å². The van der Waals surface area contributed by atoms with Crippen molar-refractivity contribution in [2.45, 2.75) is 109 Å². The third-order valence-electron chi connectivity index (χ3n) is 8.68. The molecule has 2 aromatic rings. The standard InChI is InChI=1S/C31H52N2O4Si2/c1-29(2,3)38(8,9)36-28-22-24(16-19-33)12-14-26(28)37-39(10,30(4,5)6)20-17-31(7)34-25-13-11-23(15-18-32)21-27(25)35-31/h11-14,21-22H,15-20,32-33H2,1-10H3. The van der Waals surface area contributed by atoms with Crippen molar-refractivity contribution in [1.29, 1.82) is 0 Å². The summed E-state index contributed by atoms with van der Waals surface area (Å²) < 4.78 is 26.7. The zero-order valence-corrected chi connectivity index (χ0v) is 28.0. The Bertz CT molecular complexity index is 1140. The first-order valence-corrected chi connectivity index (χ1v) is 19.9. The lowest BCUT2D eigenvalue weighted by atomic mass is 10.1. The molecule has 0 saturated heterocycles. The first kappa shape index (κ1) is 31.5. The number of ether oxygens (including phenoxy) is 2. The van der Waals surface area contributed by atoms with Crippen LogP contribution in [0.3, 0.4) is 0 Å². The number of nitrogens with two attached hydrogens (primary N) is 2. The molecule has 2 unspecified atom stereocenters. The summed E-state index contributed by atoms with van der Waals surface area (Å²) in [7, 11) is -4.47. The quantitative estimate of drug-likeness (QED) is 0.273. The molecule has 8 heteroatoms. The fraction of sp³-hybridized carbons (Fsp3) is 0.613. The molecule has 39 heavy (non-hydrogen) atoms. The highest BCUT2D eigenvalue weighted by Crippen LogP contribution is 2.48. The highest BCUT2D eigenvalue weighted by molar-refractivity contribution is 6.76. The maximum atomic E-state index is 7.10. The lowest BCUT2D eigenvalue weighted by molar-refractivity contribution is -0.0647. The average molecular weight is 573 g/mol. The van der Waals surface area contributed by atoms with Gasteiger partial charge in [0.1, 0.15) is 11.5 Å². The molecule has 0 aromatic heterocycles. The zero-order chi connectivity index (χ0) is 29.3. The third-order valence-corrected chi connectivity index (χ3v) is 18.1. The van der Waals surface area contributed by atoms with Crippen molar-refractivity contribution < 1.29 is 18.3 Å². The monoisotopic (exact) mass is 572 g/mol. The van der Waals surface area contributed by atoms with Crippen molar-refractivity contribution in [2.75, 3.05) is 13.1 Å². The Kier molecular flexibility index (Phi) is 9.27. The third kappa shape index (κ3) is 7.40. The summed E-state index contributed by atoms with van der Waals surface area (Å²) in [6.45, 7) is 23.7. The highest BCUT2D eigenvalue weighted by atomic mass is 28.4. The van der Waals surface area contributed by atoms with E-state index in [0.29, 0.717) is 13.1 Å². The Labute approximate surface area is 239 Å². The summed E-state index contributed by atoms with van der Waals surface area (Å²) in [5, 5.41) is 0.0386. The molecular formula is C31H52N2O4Si2. The van der Waals surface area contributed by atoms with Gasteiger partial charge in [-0.2, -0.15) is 0 Å². The predicted octanol–water partition coefficient (Wildman–Crippen LogP) is 7.40. The molecule has 2 aromatic carbocycles. The van der Waals surface area contributed by atoms with Crippen LogP contribution in [0.2, 0.25) is 35.8 Å². The van der Waals surface area contributed by atoms with Crippen LogP contribution in [0.4, 0.5) is 0 Å². The van der Waals surface area contributed by atoms with Crippen molar-refractivity contribution in [3.05, 3.63) is 47.5 Å². The van der Waals surface area contributed by atoms with Crippen LogP contribution in [0.1, 0.15) is 66.0 Å². The minimum atomic E-state index is -2.39. The van der Waals surface area contributed by atoms with Crippen molar-refractivity contribution in [3.63, 3.8) is 0 Å². The number of fused-ring (bicyclic) bond motifs is 1. The molecule has 1 aliphatic heterocycles. The Balaban J connectivity index is 1.87. The van der Waals surface area contributed by atoms with Gasteiger partial charge in [0, 0.05) is 13.3 Å². The molecule has 0 amide bonds. The number of rotatable bonds is 11. The first-order chi connectivity index (χ1) is 17.9. The van der Waals surface area contributed by atoms with Gasteiger partial charge in [-0.1, -0.05) is 53.7 Å². The second kappa shape index (κ2) is 11.5. The SMILES string of the molecule is CC1(CC[Si](C)(Oc2ccc(CCN)cc2O[Si](C)(C)C(C)(C)C)C(C)(C)C)Oc2ccc(CCN)cc2O1. The molecule has 3 rings (SSSR count). The summed E-state index contributed by atoms with van der Waals surface area (Å²) in [4.78, 5) is 0. The molecule has 2 atom stereocenters. The summed E-state index contributed by atoms with van der Waals surface area (Å²) in [5.41, 5.74) is 14.0. The van der Waals surface area contributed by atoms with Gasteiger partial charge in [-0.3, -0.25) is 0 Å². The van der Waals surface area contributed by atoms with Gasteiger partial charge in [0.25, 0.3) is 16.6 Å². The fourth-order valence-electron chi connectivity index (χ4n) is 4.38. The normalized spacial score (nSPS) is 19.1. The van der Waals surface area contributed by atoms with E-state index in [1.165, 1.54) is 5.56 Å². The van der Waals surface area contributed by atoms with Crippen molar-refractivity contribution in [3.8, 4) is 23.0 Å². The summed E-state index contributed by atoms with van der Waals surface area (Å²) in [5.74, 6) is 2.52. The topological polar surface area (TPSA) is 89.0 Å². The fourth-order valence-corrected chi connectivity index (χ4v) is 8.14. The maximum absolute atomic E-state index is 7.10. The summed E-state index contributed by atoms with van der Waals surface area (Å²) in [6.07, 6.45) is 2.35. The molecule has 4 N–H and O–H groups in total. The van der Waals surface area contributed by atoms with Crippen LogP contribution in [0.5, 0.6) is 23.0 Å². The van der Waals surface area contributed by atoms with E-state index in [1.54, 1.807) is 0 Å². The van der Waals surface area contributed by atoms with Crippen molar-refractivity contribution in [1.82, 2.24) is 0 Å². The van der Waals surface area contributed by atoms with Crippen molar-refractivity contribution >= 4 is 16.6 Å². The minimum absolute atomic E-state index is 0.0344. The van der Waals surface area contributed by atoms with Crippen LogP contribution >= 0.6 is 0 Å². The second-order valence-corrected chi connectivity index (χ2v) is 23.3. The van der Waals surface area contributed by atoms with Gasteiger partial charge in [-0.05, 0) is 97.1 Å². The molecule has 0 aliphatic carbocycles. The Morgan fingerprint density at radius 2 is 1.31 bits per heavy atom. The lowest BCUT2D eigenvalue weighted by Gasteiger charge is -2.42. The molecule has 6 nitrogen and oxygen atoms in total. The van der Waals surface area contributed by atoms with Crippen LogP contribution in [0, 0.1) is 0 Å². The first-order valence-electron chi connectivity index (χ1n) is 14.3. The predicted molar refractivity (Wildman–Crippen MR) is 167 cm³/mol. The van der Waals surface area contributed by atoms with Gasteiger partial charge in [-0.15, -0.1) is 0 Å². The molecule has 0 bridgehead atoms. The van der Waals surface area contributed by atoms with E-state index < -0.39 is 22.4 Å². The van der Waals surface area contributed by atoms with Gasteiger partial charge < -0.3 is 29.8 Å². The van der Waals surface area contributed by atoms with E-state index in [0.717, 1.165) is 53.9 Å². The zero-order valence-electron chi connectivity index (χ0n) is 26.0. The van der Waals surface area contributed by atoms with Crippen LogP contribution in [0.15, 0.2) is 36.4 Å². The average Bonchev–Trinajstić information content (AvgIpc) is 3.14. The lowest BCUT2D eigenvalue weighted by Crippen LogP contribution is -2.50. The van der Waals surface area contributed by atoms with Crippen LogP contribution in [0.25, 0.3) is 0 Å². The molecule has 1 heterocycles. The van der Waals surface area contributed by atoms with E-state index >= 15 is 0 Å². The highest BCUT2D eigenvalue weighted by Gasteiger charge is 2.48. The Morgan fingerprint density at radius 1 is 0.744 bits per heavy atom. The number of benzene rings is 2. The van der Waals surface area contributed by atoms with Crippen LogP contribution < -0.4 is 29.8 Å². The van der Waals surface area contributed by atoms with Crippen LogP contribution in [-0.2, 0) is 12.8 Å². The Morgan fingerprint density at radius 3 is 1.87 bits per heavy atom. The van der Waals surface area contributed by atoms with E-state index in [2.05, 4.69) is 91.5 Å². The minimum Gasteiger partial charge on any atom is -0.541 e. The van der Waals surface area contributed by atoms with Gasteiger partial charge in [0.05, 0.1) is 0 Å². The largest absolute Gasteiger partial charge is 0.541 e. The second-order valence-electron chi connectivity index (χ2n) is 13.9. The van der Waals surface area contributed by atoms with E-state index in [1.807, 2.05) is 13.0 Å². The molecule has 0 spiro atoms. The van der Waals surface area contributed by atoms with Crippen LogP contribution in [-0.4, -0.2) is 35.5 Å². The number of hydrogen-bond donors (Lipinski definition) is 2. The smallest absolute Gasteiger partial charge is 0.253 e. The van der Waals surface area contributed by atoms with E-state index in [-0.39, 0.29) is 10.1 Å². The summed E-state index contributed by atoms with van der Waals surface area (Å²) in [6, 6.07) is 13.3. The van der Waals surface area contributed by atoms with E-state index in [4.69, 9.17) is 29.8 Å². The number of hydrogen-bond acceptors (Lipinski definition) is 6. The molecule has 1 aliphatic rings. The molecule has 218 valence electrons. The Hall–Kier alpha value is -2.01. The van der Waals surface area contributed by atoms with Gasteiger partial charge >= 0.3 is 0 Å². The van der Waals surface area contributed by atoms with Gasteiger partial charge in [0.2, 0.25) is 5.79 Å². The molecular weight excluding hydrogens is 521 g/mol. The van der Waals surface area contributed by atoms with E-state index in [9.17, 15) is 0 Å². The maximum Gasteiger partial charge on any atom is 0.253 e. The summed E-state index contributed by atoms with van der Waals surface area (Å²) >= 11 is 0. The molecule has 0 saturated carbocycles. The van der Waals surface area contributed by atoms with Crippen molar-refractivity contribution in [2.24, 2.45) is 11.5 Å². The molecule has 0 fully saturated rings. The molecule has 0 radical (unpaired) electrons.